The van der Waals surface area contributed by atoms with Gasteiger partial charge in [-0.3, -0.25) is 0 Å². The van der Waals surface area contributed by atoms with Crippen molar-refractivity contribution in [1.29, 1.82) is 0 Å². The van der Waals surface area contributed by atoms with Crippen molar-refractivity contribution in [1.82, 2.24) is 9.13 Å². The monoisotopic (exact) mass is 670 g/mol. The second-order valence-electron chi connectivity index (χ2n) is 14.7. The zero-order chi connectivity index (χ0) is 33.9. The fraction of sp³-hybridized carbons (Fsp3) is 0.125. The van der Waals surface area contributed by atoms with E-state index < -0.39 is 0 Å². The number of benzene rings is 7. The Morgan fingerprint density at radius 3 is 1.38 bits per heavy atom. The zero-order valence-corrected chi connectivity index (χ0v) is 28.6. The summed E-state index contributed by atoms with van der Waals surface area (Å²) in [6, 6.07) is 50.6. The predicted octanol–water partition coefficient (Wildman–Crippen LogP) is 13.7. The van der Waals surface area contributed by atoms with Gasteiger partial charge in [0.15, 0.2) is 0 Å². The molecule has 0 N–H and O–H groups in total. The van der Waals surface area contributed by atoms with Crippen molar-refractivity contribution >= 4 is 87.5 Å². The lowest BCUT2D eigenvalue weighted by Crippen LogP contribution is -2.04. The molecular formula is C48H34N2O2. The third-order valence-corrected chi connectivity index (χ3v) is 11.9. The maximum atomic E-state index is 6.97. The van der Waals surface area contributed by atoms with Gasteiger partial charge in [0, 0.05) is 60.0 Å². The molecule has 1 aliphatic rings. The largest absolute Gasteiger partial charge is 0.456 e. The van der Waals surface area contributed by atoms with Crippen molar-refractivity contribution in [3.63, 3.8) is 0 Å². The fourth-order valence-electron chi connectivity index (χ4n) is 9.60. The predicted molar refractivity (Wildman–Crippen MR) is 216 cm³/mol. The van der Waals surface area contributed by atoms with Crippen molar-refractivity contribution in [2.75, 3.05) is 0 Å². The number of fused-ring (bicyclic) bond motifs is 13. The molecule has 0 atom stereocenters. The summed E-state index contributed by atoms with van der Waals surface area (Å²) in [6.45, 7) is 0. The van der Waals surface area contributed by atoms with Crippen LogP contribution in [0, 0.1) is 0 Å². The number of para-hydroxylation sites is 4. The van der Waals surface area contributed by atoms with Gasteiger partial charge in [-0.15, -0.1) is 0 Å². The smallest absolute Gasteiger partial charge is 0.139 e. The van der Waals surface area contributed by atoms with Crippen LogP contribution in [0.15, 0.2) is 148 Å². The highest BCUT2D eigenvalue weighted by Gasteiger charge is 2.26. The van der Waals surface area contributed by atoms with Gasteiger partial charge in [0.1, 0.15) is 22.3 Å². The SMILES string of the molecule is c1ccc2c(c1)c1ccccc1n2-c1ccc2oc3cc(C4CCCCC4)c4oc5ccc(-n6c7ccccc7c7ccccc76)cc5c4c3c2c1. The van der Waals surface area contributed by atoms with Crippen molar-refractivity contribution in [2.45, 2.75) is 38.0 Å². The van der Waals surface area contributed by atoms with E-state index in [0.29, 0.717) is 5.92 Å². The molecule has 11 aromatic rings. The number of aromatic nitrogens is 2. The van der Waals surface area contributed by atoms with E-state index in [0.717, 1.165) is 55.3 Å². The maximum absolute atomic E-state index is 6.97. The van der Waals surface area contributed by atoms with Gasteiger partial charge in [-0.1, -0.05) is 92.1 Å². The summed E-state index contributed by atoms with van der Waals surface area (Å²) in [5.74, 6) is 0.458. The fourth-order valence-corrected chi connectivity index (χ4v) is 9.60. The van der Waals surface area contributed by atoms with E-state index in [-0.39, 0.29) is 0 Å². The minimum atomic E-state index is 0.458. The van der Waals surface area contributed by atoms with Gasteiger partial charge < -0.3 is 18.0 Å². The first-order valence-electron chi connectivity index (χ1n) is 18.6. The molecule has 0 unspecified atom stereocenters. The first kappa shape index (κ1) is 28.4. The molecule has 7 aromatic carbocycles. The zero-order valence-electron chi connectivity index (χ0n) is 28.6. The third kappa shape index (κ3) is 3.87. The quantitative estimate of drug-likeness (QED) is 0.188. The molecule has 52 heavy (non-hydrogen) atoms. The first-order valence-corrected chi connectivity index (χ1v) is 18.6. The molecule has 0 bridgehead atoms. The summed E-state index contributed by atoms with van der Waals surface area (Å²) in [7, 11) is 0. The van der Waals surface area contributed by atoms with Gasteiger partial charge in [-0.25, -0.2) is 0 Å². The summed E-state index contributed by atoms with van der Waals surface area (Å²) in [5.41, 5.74) is 12.1. The van der Waals surface area contributed by atoms with Crippen molar-refractivity contribution in [3.05, 3.63) is 145 Å². The molecule has 4 nitrogen and oxygen atoms in total. The van der Waals surface area contributed by atoms with Crippen LogP contribution < -0.4 is 0 Å². The number of rotatable bonds is 3. The summed E-state index contributed by atoms with van der Waals surface area (Å²) in [5, 5.41) is 9.56. The standard InChI is InChI=1S/C48H34N2O2/c1-2-12-29(13-3-1)36-28-45-46(37-26-30(22-24-43(37)51-45)49-39-18-8-4-14-32(39)33-15-5-9-19-40(33)49)47-38-27-31(23-25-44(38)52-48(36)47)50-41-20-10-6-16-34(41)35-17-7-11-21-42(35)50/h4-11,14-29H,1-3,12-13H2. The molecular weight excluding hydrogens is 637 g/mol. The summed E-state index contributed by atoms with van der Waals surface area (Å²) >= 11 is 0. The topological polar surface area (TPSA) is 36.1 Å². The van der Waals surface area contributed by atoms with Crippen LogP contribution in [0.4, 0.5) is 0 Å². The molecule has 1 saturated carbocycles. The van der Waals surface area contributed by atoms with Gasteiger partial charge >= 0.3 is 0 Å². The summed E-state index contributed by atoms with van der Waals surface area (Å²) in [4.78, 5) is 0. The van der Waals surface area contributed by atoms with Crippen LogP contribution in [0.1, 0.15) is 43.6 Å². The van der Waals surface area contributed by atoms with Gasteiger partial charge in [-0.05, 0) is 85.5 Å². The van der Waals surface area contributed by atoms with E-state index in [9.17, 15) is 0 Å². The molecule has 1 aliphatic carbocycles. The van der Waals surface area contributed by atoms with E-state index in [2.05, 4.69) is 149 Å². The lowest BCUT2D eigenvalue weighted by atomic mass is 9.83. The van der Waals surface area contributed by atoms with E-state index in [1.54, 1.807) is 0 Å². The Morgan fingerprint density at radius 1 is 0.404 bits per heavy atom. The average Bonchev–Trinajstić information content (AvgIpc) is 3.95. The van der Waals surface area contributed by atoms with E-state index in [1.807, 2.05) is 0 Å². The van der Waals surface area contributed by atoms with E-state index >= 15 is 0 Å². The van der Waals surface area contributed by atoms with Crippen LogP contribution in [0.25, 0.3) is 98.9 Å². The highest BCUT2D eigenvalue weighted by Crippen LogP contribution is 2.47. The molecule has 4 heterocycles. The molecule has 0 saturated heterocycles. The molecule has 0 radical (unpaired) electrons. The molecule has 4 aromatic heterocycles. The van der Waals surface area contributed by atoms with Crippen LogP contribution >= 0.6 is 0 Å². The summed E-state index contributed by atoms with van der Waals surface area (Å²) in [6.07, 6.45) is 6.18. The number of furan rings is 2. The lowest BCUT2D eigenvalue weighted by Gasteiger charge is -2.22. The molecule has 1 fully saturated rings. The molecule has 0 amide bonds. The molecule has 0 spiro atoms. The lowest BCUT2D eigenvalue weighted by molar-refractivity contribution is 0.442. The van der Waals surface area contributed by atoms with Crippen LogP contribution in [0.2, 0.25) is 0 Å². The van der Waals surface area contributed by atoms with Gasteiger partial charge in [0.25, 0.3) is 0 Å². The molecule has 0 aliphatic heterocycles. The van der Waals surface area contributed by atoms with Gasteiger partial charge in [0.2, 0.25) is 0 Å². The van der Waals surface area contributed by atoms with Crippen LogP contribution in [-0.4, -0.2) is 9.13 Å². The highest BCUT2D eigenvalue weighted by atomic mass is 16.3. The normalized spacial score (nSPS) is 14.5. The highest BCUT2D eigenvalue weighted by molar-refractivity contribution is 6.27. The third-order valence-electron chi connectivity index (χ3n) is 11.9. The Hall–Kier alpha value is -6.26. The molecule has 4 heteroatoms. The Labute approximate surface area is 299 Å². The van der Waals surface area contributed by atoms with E-state index in [1.165, 1.54) is 81.3 Å². The molecule has 12 rings (SSSR count). The summed E-state index contributed by atoms with van der Waals surface area (Å²) < 4.78 is 18.6. The van der Waals surface area contributed by atoms with Crippen LogP contribution in [0.3, 0.4) is 0 Å². The Balaban J connectivity index is 1.18. The Morgan fingerprint density at radius 2 is 0.865 bits per heavy atom. The van der Waals surface area contributed by atoms with Crippen LogP contribution in [-0.2, 0) is 0 Å². The Kier molecular flexibility index (Phi) is 5.81. The molecule has 248 valence electrons. The number of hydrogen-bond donors (Lipinski definition) is 0. The van der Waals surface area contributed by atoms with Crippen molar-refractivity contribution < 1.29 is 8.83 Å². The minimum Gasteiger partial charge on any atom is -0.456 e. The number of nitrogens with zero attached hydrogens (tertiary/aromatic N) is 2. The maximum Gasteiger partial charge on any atom is 0.139 e. The number of hydrogen-bond acceptors (Lipinski definition) is 2. The average molecular weight is 671 g/mol. The Bertz CT molecular complexity index is 3130. The first-order chi connectivity index (χ1) is 25.8. The van der Waals surface area contributed by atoms with Crippen molar-refractivity contribution in [2.24, 2.45) is 0 Å². The van der Waals surface area contributed by atoms with E-state index in [4.69, 9.17) is 8.83 Å². The van der Waals surface area contributed by atoms with Crippen LogP contribution in [0.5, 0.6) is 0 Å². The second kappa shape index (κ2) is 10.6. The van der Waals surface area contributed by atoms with Gasteiger partial charge in [0.05, 0.1) is 22.1 Å². The minimum absolute atomic E-state index is 0.458. The van der Waals surface area contributed by atoms with Crippen molar-refractivity contribution in [3.8, 4) is 11.4 Å². The second-order valence-corrected chi connectivity index (χ2v) is 14.7. The van der Waals surface area contributed by atoms with Gasteiger partial charge in [-0.2, -0.15) is 0 Å².